The van der Waals surface area contributed by atoms with Crippen LogP contribution in [0, 0.1) is 0 Å². The molecule has 5 nitrogen and oxygen atoms in total. The summed E-state index contributed by atoms with van der Waals surface area (Å²) in [6.07, 6.45) is 2.20. The first kappa shape index (κ1) is 15.3. The van der Waals surface area contributed by atoms with Crippen LogP contribution in [0.2, 0.25) is 0 Å². The third-order valence-electron chi connectivity index (χ3n) is 4.46. The fraction of sp³-hybridized carbons (Fsp3) is 0.150. The average Bonchev–Trinajstić information content (AvgIpc) is 2.90. The van der Waals surface area contributed by atoms with Crippen LogP contribution in [0.5, 0.6) is 0 Å². The molecule has 0 saturated carbocycles. The summed E-state index contributed by atoms with van der Waals surface area (Å²) in [5, 5.41) is 3.75. The van der Waals surface area contributed by atoms with E-state index in [9.17, 15) is 9.59 Å². The van der Waals surface area contributed by atoms with Crippen molar-refractivity contribution in [1.82, 2.24) is 15.2 Å². The predicted molar refractivity (Wildman–Crippen MR) is 94.8 cm³/mol. The van der Waals surface area contributed by atoms with Crippen LogP contribution in [-0.2, 0) is 17.8 Å². The highest BCUT2D eigenvalue weighted by Crippen LogP contribution is 2.21. The third-order valence-corrected chi connectivity index (χ3v) is 4.46. The van der Waals surface area contributed by atoms with Crippen molar-refractivity contribution in [3.63, 3.8) is 0 Å². The van der Waals surface area contributed by atoms with Crippen molar-refractivity contribution in [3.05, 3.63) is 78.0 Å². The van der Waals surface area contributed by atoms with Gasteiger partial charge in [0.2, 0.25) is 0 Å². The minimum atomic E-state index is -0.511. The lowest BCUT2D eigenvalue weighted by Crippen LogP contribution is -2.32. The second-order valence-corrected chi connectivity index (χ2v) is 6.10. The molecule has 1 aliphatic heterocycles. The van der Waals surface area contributed by atoms with E-state index >= 15 is 0 Å². The Kier molecular flexibility index (Phi) is 3.90. The summed E-state index contributed by atoms with van der Waals surface area (Å²) in [4.78, 5) is 30.6. The normalized spacial score (nSPS) is 17.1. The summed E-state index contributed by atoms with van der Waals surface area (Å²) in [7, 11) is 0. The number of benzene rings is 2. The molecule has 2 heterocycles. The van der Waals surface area contributed by atoms with Gasteiger partial charge in [-0.15, -0.1) is 0 Å². The van der Waals surface area contributed by atoms with Crippen molar-refractivity contribution in [3.8, 4) is 0 Å². The lowest BCUT2D eigenvalue weighted by Gasteiger charge is -2.14. The molecule has 0 unspecified atom stereocenters. The first-order valence-corrected chi connectivity index (χ1v) is 8.21. The number of rotatable bonds is 4. The van der Waals surface area contributed by atoms with Gasteiger partial charge in [0.1, 0.15) is 6.04 Å². The van der Waals surface area contributed by atoms with Gasteiger partial charge in [-0.1, -0.05) is 48.5 Å². The molecular formula is C20H17N3O2. The van der Waals surface area contributed by atoms with Crippen LogP contribution >= 0.6 is 0 Å². The van der Waals surface area contributed by atoms with Crippen molar-refractivity contribution >= 4 is 22.8 Å². The minimum Gasteiger partial charge on any atom is -0.325 e. The molecule has 3 aromatic rings. The van der Waals surface area contributed by atoms with Gasteiger partial charge in [-0.25, -0.2) is 4.79 Å². The molecule has 1 N–H and O–H groups in total. The van der Waals surface area contributed by atoms with Crippen molar-refractivity contribution in [2.24, 2.45) is 0 Å². The lowest BCUT2D eigenvalue weighted by atomic mass is 10.1. The molecule has 1 atom stereocenters. The molecular weight excluding hydrogens is 314 g/mol. The summed E-state index contributed by atoms with van der Waals surface area (Å²) < 4.78 is 0. The monoisotopic (exact) mass is 331 g/mol. The smallest absolute Gasteiger partial charge is 0.325 e. The van der Waals surface area contributed by atoms with E-state index in [1.807, 2.05) is 60.7 Å². The average molecular weight is 331 g/mol. The quantitative estimate of drug-likeness (QED) is 0.748. The molecule has 3 amide bonds. The Hall–Kier alpha value is -3.21. The molecule has 4 rings (SSSR count). The Morgan fingerprint density at radius 2 is 1.72 bits per heavy atom. The van der Waals surface area contributed by atoms with Crippen LogP contribution in [0.15, 0.2) is 66.9 Å². The van der Waals surface area contributed by atoms with Crippen LogP contribution in [0.1, 0.15) is 11.1 Å². The molecule has 1 aliphatic rings. The maximum Gasteiger partial charge on any atom is 0.325 e. The number of imide groups is 1. The van der Waals surface area contributed by atoms with Gasteiger partial charge in [-0.05, 0) is 23.3 Å². The number of hydrogen-bond acceptors (Lipinski definition) is 3. The van der Waals surface area contributed by atoms with Crippen molar-refractivity contribution in [2.45, 2.75) is 19.0 Å². The Bertz CT molecular complexity index is 935. The number of para-hydroxylation sites is 1. The van der Waals surface area contributed by atoms with Crippen LogP contribution in [-0.4, -0.2) is 27.9 Å². The summed E-state index contributed by atoms with van der Waals surface area (Å²) in [5.41, 5.74) is 2.79. The molecule has 2 aromatic carbocycles. The Morgan fingerprint density at radius 1 is 0.960 bits per heavy atom. The van der Waals surface area contributed by atoms with Gasteiger partial charge in [0.25, 0.3) is 5.91 Å². The number of nitrogens with zero attached hydrogens (tertiary/aromatic N) is 2. The molecule has 0 aliphatic carbocycles. The number of urea groups is 1. The van der Waals surface area contributed by atoms with Gasteiger partial charge in [0, 0.05) is 18.0 Å². The van der Waals surface area contributed by atoms with E-state index in [-0.39, 0.29) is 18.5 Å². The highest BCUT2D eigenvalue weighted by Gasteiger charge is 2.37. The molecule has 1 saturated heterocycles. The Balaban J connectivity index is 1.56. The highest BCUT2D eigenvalue weighted by molar-refractivity contribution is 6.04. The van der Waals surface area contributed by atoms with Gasteiger partial charge < -0.3 is 5.32 Å². The lowest BCUT2D eigenvalue weighted by molar-refractivity contribution is -0.127. The van der Waals surface area contributed by atoms with Gasteiger partial charge in [0.05, 0.1) is 12.1 Å². The maximum absolute atomic E-state index is 12.7. The molecule has 1 fully saturated rings. The summed E-state index contributed by atoms with van der Waals surface area (Å²) in [5.74, 6) is -0.185. The molecule has 1 aromatic heterocycles. The van der Waals surface area contributed by atoms with Crippen molar-refractivity contribution in [1.29, 1.82) is 0 Å². The summed E-state index contributed by atoms with van der Waals surface area (Å²) in [6.45, 7) is 0.249. The number of carbonyl (C=O) groups is 2. The van der Waals surface area contributed by atoms with Gasteiger partial charge in [-0.3, -0.25) is 14.7 Å². The van der Waals surface area contributed by atoms with E-state index in [1.54, 1.807) is 6.20 Å². The fourth-order valence-corrected chi connectivity index (χ4v) is 3.18. The van der Waals surface area contributed by atoms with Gasteiger partial charge >= 0.3 is 6.03 Å². The SMILES string of the molecule is O=C1N[C@H](Cc2ccccc2)C(=O)N1Cc1ccnc2ccccc12. The van der Waals surface area contributed by atoms with E-state index in [2.05, 4.69) is 10.3 Å². The standard InChI is InChI=1S/C20H17N3O2/c24-19-18(12-14-6-2-1-3-7-14)22-20(25)23(19)13-15-10-11-21-17-9-5-4-8-16(15)17/h1-11,18H,12-13H2,(H,22,25)/t18-/m1/s1. The number of nitrogens with one attached hydrogen (secondary N) is 1. The largest absolute Gasteiger partial charge is 0.325 e. The molecule has 0 radical (unpaired) electrons. The zero-order valence-electron chi connectivity index (χ0n) is 13.6. The summed E-state index contributed by atoms with van der Waals surface area (Å²) in [6, 6.07) is 18.4. The van der Waals surface area contributed by atoms with E-state index in [0.29, 0.717) is 6.42 Å². The molecule has 25 heavy (non-hydrogen) atoms. The number of amides is 3. The highest BCUT2D eigenvalue weighted by atomic mass is 16.2. The molecule has 124 valence electrons. The van der Waals surface area contributed by atoms with E-state index < -0.39 is 6.04 Å². The maximum atomic E-state index is 12.7. The van der Waals surface area contributed by atoms with Crippen LogP contribution < -0.4 is 5.32 Å². The Labute approximate surface area is 145 Å². The number of pyridine rings is 1. The second kappa shape index (κ2) is 6.36. The first-order valence-electron chi connectivity index (χ1n) is 8.21. The van der Waals surface area contributed by atoms with E-state index in [0.717, 1.165) is 22.0 Å². The second-order valence-electron chi connectivity index (χ2n) is 6.10. The first-order chi connectivity index (χ1) is 12.2. The fourth-order valence-electron chi connectivity index (χ4n) is 3.18. The predicted octanol–water partition coefficient (Wildman–Crippen LogP) is 2.90. The Morgan fingerprint density at radius 3 is 2.56 bits per heavy atom. The van der Waals surface area contributed by atoms with Crippen LogP contribution in [0.3, 0.4) is 0 Å². The zero-order chi connectivity index (χ0) is 17.2. The zero-order valence-corrected chi connectivity index (χ0v) is 13.6. The molecule has 5 heteroatoms. The number of carbonyl (C=O) groups excluding carboxylic acids is 2. The van der Waals surface area contributed by atoms with Crippen molar-refractivity contribution in [2.75, 3.05) is 0 Å². The van der Waals surface area contributed by atoms with E-state index in [4.69, 9.17) is 0 Å². The number of aromatic nitrogens is 1. The molecule has 0 bridgehead atoms. The minimum absolute atomic E-state index is 0.185. The van der Waals surface area contributed by atoms with Gasteiger partial charge in [-0.2, -0.15) is 0 Å². The van der Waals surface area contributed by atoms with Crippen molar-refractivity contribution < 1.29 is 9.59 Å². The number of hydrogen-bond donors (Lipinski definition) is 1. The molecule has 0 spiro atoms. The van der Waals surface area contributed by atoms with Crippen LogP contribution in [0.25, 0.3) is 10.9 Å². The van der Waals surface area contributed by atoms with Crippen LogP contribution in [0.4, 0.5) is 4.79 Å². The van der Waals surface area contributed by atoms with Gasteiger partial charge in [0.15, 0.2) is 0 Å². The van der Waals surface area contributed by atoms with E-state index in [1.165, 1.54) is 4.90 Å². The topological polar surface area (TPSA) is 62.3 Å². The number of fused-ring (bicyclic) bond motifs is 1. The third kappa shape index (κ3) is 2.96. The summed E-state index contributed by atoms with van der Waals surface area (Å²) >= 11 is 0.